The van der Waals surface area contributed by atoms with Gasteiger partial charge in [0.2, 0.25) is 5.78 Å². The van der Waals surface area contributed by atoms with E-state index >= 15 is 0 Å². The highest BCUT2D eigenvalue weighted by molar-refractivity contribution is 7.12. The van der Waals surface area contributed by atoms with Gasteiger partial charge in [-0.2, -0.15) is 0 Å². The molecule has 0 amide bonds. The van der Waals surface area contributed by atoms with E-state index in [1.807, 2.05) is 41.8 Å². The normalized spacial score (nSPS) is 10.8. The van der Waals surface area contributed by atoms with E-state index in [1.54, 1.807) is 0 Å². The van der Waals surface area contributed by atoms with Gasteiger partial charge >= 0.3 is 0 Å². The van der Waals surface area contributed by atoms with Gasteiger partial charge in [-0.15, -0.1) is 11.3 Å². The molecule has 0 aliphatic rings. The summed E-state index contributed by atoms with van der Waals surface area (Å²) in [4.78, 5) is 15.2. The van der Waals surface area contributed by atoms with Gasteiger partial charge in [0.25, 0.3) is 0 Å². The van der Waals surface area contributed by atoms with Crippen LogP contribution in [-0.4, -0.2) is 36.9 Å². The maximum Gasteiger partial charge on any atom is 0.202 e. The van der Waals surface area contributed by atoms with E-state index in [-0.39, 0.29) is 5.78 Å². The molecule has 1 heterocycles. The van der Waals surface area contributed by atoms with Crippen LogP contribution in [0.4, 0.5) is 0 Å². The van der Waals surface area contributed by atoms with Gasteiger partial charge in [0.05, 0.1) is 4.88 Å². The van der Waals surface area contributed by atoms with Crippen molar-refractivity contribution in [2.45, 2.75) is 13.8 Å². The monoisotopic (exact) mass is 303 g/mol. The van der Waals surface area contributed by atoms with Crippen molar-refractivity contribution in [3.63, 3.8) is 0 Å². The van der Waals surface area contributed by atoms with Gasteiger partial charge in [0, 0.05) is 12.1 Å². The van der Waals surface area contributed by atoms with Crippen molar-refractivity contribution < 1.29 is 9.53 Å². The van der Waals surface area contributed by atoms with E-state index in [1.165, 1.54) is 11.3 Å². The number of benzene rings is 1. The lowest BCUT2D eigenvalue weighted by Crippen LogP contribution is -2.27. The van der Waals surface area contributed by atoms with E-state index in [0.29, 0.717) is 12.2 Å². The van der Waals surface area contributed by atoms with Crippen LogP contribution in [-0.2, 0) is 0 Å². The Balaban J connectivity index is 1.89. The Morgan fingerprint density at radius 2 is 1.86 bits per heavy atom. The predicted molar refractivity (Wildman–Crippen MR) is 87.5 cm³/mol. The zero-order chi connectivity index (χ0) is 15.1. The zero-order valence-corrected chi connectivity index (χ0v) is 13.4. The van der Waals surface area contributed by atoms with E-state index in [0.717, 1.165) is 30.3 Å². The molecule has 21 heavy (non-hydrogen) atoms. The number of rotatable bonds is 8. The molecular weight excluding hydrogens is 282 g/mol. The van der Waals surface area contributed by atoms with Gasteiger partial charge in [0.15, 0.2) is 0 Å². The average Bonchev–Trinajstić information content (AvgIpc) is 3.06. The molecule has 0 aliphatic heterocycles. The van der Waals surface area contributed by atoms with Crippen molar-refractivity contribution in [3.05, 3.63) is 52.2 Å². The maximum atomic E-state index is 12.2. The smallest absolute Gasteiger partial charge is 0.202 e. The Morgan fingerprint density at radius 3 is 2.43 bits per heavy atom. The topological polar surface area (TPSA) is 29.5 Å². The summed E-state index contributed by atoms with van der Waals surface area (Å²) in [5.41, 5.74) is 0.702. The molecule has 0 saturated heterocycles. The lowest BCUT2D eigenvalue weighted by molar-refractivity contribution is 0.104. The van der Waals surface area contributed by atoms with Crippen molar-refractivity contribution in [2.75, 3.05) is 26.2 Å². The first-order valence-corrected chi connectivity index (χ1v) is 8.16. The summed E-state index contributed by atoms with van der Waals surface area (Å²) in [6, 6.07) is 11.1. The molecule has 0 aliphatic carbocycles. The Kier molecular flexibility index (Phi) is 5.96. The molecule has 0 atom stereocenters. The fourth-order valence-electron chi connectivity index (χ4n) is 2.08. The molecule has 0 spiro atoms. The van der Waals surface area contributed by atoms with Crippen LogP contribution in [0.15, 0.2) is 41.8 Å². The standard InChI is InChI=1S/C17H21NO2S/c1-3-18(4-2)11-12-20-15-9-7-14(8-10-15)17(19)16-6-5-13-21-16/h5-10,13H,3-4,11-12H2,1-2H3. The number of likely N-dealkylation sites (N-methyl/N-ethyl adjacent to an activating group) is 1. The molecule has 0 radical (unpaired) electrons. The van der Waals surface area contributed by atoms with Gasteiger partial charge < -0.3 is 9.64 Å². The van der Waals surface area contributed by atoms with Crippen molar-refractivity contribution in [3.8, 4) is 5.75 Å². The number of carbonyl (C=O) groups is 1. The Labute approximate surface area is 130 Å². The third-order valence-electron chi connectivity index (χ3n) is 3.43. The summed E-state index contributed by atoms with van der Waals surface area (Å²) in [7, 11) is 0. The minimum absolute atomic E-state index is 0.0692. The van der Waals surface area contributed by atoms with Gasteiger partial charge in [-0.1, -0.05) is 19.9 Å². The highest BCUT2D eigenvalue weighted by Gasteiger charge is 2.09. The molecule has 4 heteroatoms. The molecule has 0 N–H and O–H groups in total. The largest absolute Gasteiger partial charge is 0.492 e. The number of nitrogens with zero attached hydrogens (tertiary/aromatic N) is 1. The molecule has 112 valence electrons. The Bertz CT molecular complexity index is 545. The lowest BCUT2D eigenvalue weighted by atomic mass is 10.1. The second kappa shape index (κ2) is 7.96. The Morgan fingerprint density at radius 1 is 1.14 bits per heavy atom. The van der Waals surface area contributed by atoms with Crippen LogP contribution >= 0.6 is 11.3 Å². The minimum atomic E-state index is 0.0692. The first kappa shape index (κ1) is 15.7. The molecule has 0 unspecified atom stereocenters. The van der Waals surface area contributed by atoms with Gasteiger partial charge in [-0.3, -0.25) is 4.79 Å². The van der Waals surface area contributed by atoms with E-state index < -0.39 is 0 Å². The summed E-state index contributed by atoms with van der Waals surface area (Å²) >= 11 is 1.47. The molecule has 0 fully saturated rings. The van der Waals surface area contributed by atoms with Crippen LogP contribution in [0.3, 0.4) is 0 Å². The fourth-order valence-corrected chi connectivity index (χ4v) is 2.77. The fraction of sp³-hybridized carbons (Fsp3) is 0.353. The number of hydrogen-bond donors (Lipinski definition) is 0. The summed E-state index contributed by atoms with van der Waals surface area (Å²) in [6.45, 7) is 7.95. The van der Waals surface area contributed by atoms with Crippen molar-refractivity contribution in [1.29, 1.82) is 0 Å². The number of thiophene rings is 1. The summed E-state index contributed by atoms with van der Waals surface area (Å²) < 4.78 is 5.72. The average molecular weight is 303 g/mol. The number of ketones is 1. The summed E-state index contributed by atoms with van der Waals surface area (Å²) in [6.07, 6.45) is 0. The third kappa shape index (κ3) is 4.41. The van der Waals surface area contributed by atoms with E-state index in [2.05, 4.69) is 18.7 Å². The summed E-state index contributed by atoms with van der Waals surface area (Å²) in [5, 5.41) is 1.91. The second-order valence-electron chi connectivity index (χ2n) is 4.71. The van der Waals surface area contributed by atoms with E-state index in [9.17, 15) is 4.79 Å². The number of carbonyl (C=O) groups excluding carboxylic acids is 1. The predicted octanol–water partition coefficient (Wildman–Crippen LogP) is 3.70. The highest BCUT2D eigenvalue weighted by Crippen LogP contribution is 2.18. The van der Waals surface area contributed by atoms with Gasteiger partial charge in [-0.25, -0.2) is 0 Å². The van der Waals surface area contributed by atoms with Crippen molar-refractivity contribution in [1.82, 2.24) is 4.90 Å². The van der Waals surface area contributed by atoms with Crippen LogP contribution in [0.2, 0.25) is 0 Å². The Hall–Kier alpha value is -1.65. The van der Waals surface area contributed by atoms with Gasteiger partial charge in [-0.05, 0) is 48.8 Å². The molecule has 0 bridgehead atoms. The molecule has 2 aromatic rings. The van der Waals surface area contributed by atoms with Crippen molar-refractivity contribution in [2.24, 2.45) is 0 Å². The molecule has 1 aromatic carbocycles. The highest BCUT2D eigenvalue weighted by atomic mass is 32.1. The molecule has 3 nitrogen and oxygen atoms in total. The van der Waals surface area contributed by atoms with Crippen LogP contribution < -0.4 is 4.74 Å². The number of hydrogen-bond acceptors (Lipinski definition) is 4. The van der Waals surface area contributed by atoms with Crippen LogP contribution in [0.1, 0.15) is 29.1 Å². The van der Waals surface area contributed by atoms with Crippen molar-refractivity contribution >= 4 is 17.1 Å². The lowest BCUT2D eigenvalue weighted by Gasteiger charge is -2.18. The quantitative estimate of drug-likeness (QED) is 0.696. The first-order chi connectivity index (χ1) is 10.2. The molecular formula is C17H21NO2S. The van der Waals surface area contributed by atoms with Crippen LogP contribution in [0.5, 0.6) is 5.75 Å². The SMILES string of the molecule is CCN(CC)CCOc1ccc(C(=O)c2cccs2)cc1. The molecule has 1 aromatic heterocycles. The zero-order valence-electron chi connectivity index (χ0n) is 12.5. The number of ether oxygens (including phenoxy) is 1. The van der Waals surface area contributed by atoms with Gasteiger partial charge in [0.1, 0.15) is 12.4 Å². The van der Waals surface area contributed by atoms with Crippen LogP contribution in [0, 0.1) is 0 Å². The first-order valence-electron chi connectivity index (χ1n) is 7.28. The second-order valence-corrected chi connectivity index (χ2v) is 5.65. The molecule has 0 saturated carbocycles. The molecule has 2 rings (SSSR count). The summed E-state index contributed by atoms with van der Waals surface area (Å²) in [5.74, 6) is 0.879. The van der Waals surface area contributed by atoms with E-state index in [4.69, 9.17) is 4.74 Å². The maximum absolute atomic E-state index is 12.2. The van der Waals surface area contributed by atoms with Crippen LogP contribution in [0.25, 0.3) is 0 Å². The third-order valence-corrected chi connectivity index (χ3v) is 4.30. The minimum Gasteiger partial charge on any atom is -0.492 e.